The molecule has 0 spiro atoms. The second-order valence-electron chi connectivity index (χ2n) is 6.18. The maximum atomic E-state index is 11.8. The molecule has 0 amide bonds. The van der Waals surface area contributed by atoms with Crippen molar-refractivity contribution in [2.75, 3.05) is 0 Å². The van der Waals surface area contributed by atoms with E-state index in [0.717, 1.165) is 6.07 Å². The second kappa shape index (κ2) is 7.54. The third-order valence-corrected chi connectivity index (χ3v) is 6.00. The Kier molecular flexibility index (Phi) is 5.03. The number of phenols is 1. The molecule has 11 heteroatoms. The van der Waals surface area contributed by atoms with Gasteiger partial charge >= 0.3 is 0 Å². The van der Waals surface area contributed by atoms with Gasteiger partial charge in [0.1, 0.15) is 16.1 Å². The van der Waals surface area contributed by atoms with Crippen LogP contribution in [0, 0.1) is 0 Å². The van der Waals surface area contributed by atoms with Crippen molar-refractivity contribution in [3.05, 3.63) is 60.8 Å². The van der Waals surface area contributed by atoms with E-state index in [4.69, 9.17) is 0 Å². The topological polar surface area (TPSA) is 152 Å². The number of fused-ring (bicyclic) bond motifs is 2. The van der Waals surface area contributed by atoms with Crippen LogP contribution in [-0.2, 0) is 21.2 Å². The molecule has 9 nitrogen and oxygen atoms in total. The minimum atomic E-state index is -4.62. The lowest BCUT2D eigenvalue weighted by Crippen LogP contribution is -1.99. The molecule has 0 saturated heterocycles. The average Bonchev–Trinajstić information content (AvgIpc) is 2.72. The Morgan fingerprint density at radius 2 is 1.60 bits per heavy atom. The van der Waals surface area contributed by atoms with Crippen LogP contribution in [0.15, 0.2) is 80.8 Å². The van der Waals surface area contributed by atoms with Gasteiger partial charge < -0.3 is 9.66 Å². The summed E-state index contributed by atoms with van der Waals surface area (Å²) in [6, 6.07) is 13.3. The highest BCUT2D eigenvalue weighted by atomic mass is 32.2. The molecule has 0 aliphatic heterocycles. The van der Waals surface area contributed by atoms with Gasteiger partial charge in [-0.25, -0.2) is 0 Å². The van der Waals surface area contributed by atoms with E-state index in [0.29, 0.717) is 16.5 Å². The highest BCUT2D eigenvalue weighted by Gasteiger charge is 2.20. The lowest BCUT2D eigenvalue weighted by Gasteiger charge is -2.10. The molecule has 152 valence electrons. The monoisotopic (exact) mass is 442 g/mol. The Bertz CT molecular complexity index is 1470. The van der Waals surface area contributed by atoms with Crippen LogP contribution in [0.4, 0.5) is 11.4 Å². The first kappa shape index (κ1) is 20.0. The maximum absolute atomic E-state index is 11.8. The fourth-order valence-electron chi connectivity index (χ4n) is 3.08. The third kappa shape index (κ3) is 3.55. The van der Waals surface area contributed by atoms with Crippen LogP contribution in [-0.4, -0.2) is 31.8 Å². The normalized spacial score (nSPS) is 13.3. The fraction of sp³-hybridized carbons (Fsp3) is 0. The lowest BCUT2D eigenvalue weighted by atomic mass is 10.1. The summed E-state index contributed by atoms with van der Waals surface area (Å²) in [5.74, 6) is -0.414. The maximum Gasteiger partial charge on any atom is 0.295 e. The molecule has 30 heavy (non-hydrogen) atoms. The summed E-state index contributed by atoms with van der Waals surface area (Å²) in [4.78, 5) is 3.58. The highest BCUT2D eigenvalue weighted by Crippen LogP contribution is 2.39. The van der Waals surface area contributed by atoms with Gasteiger partial charge in [-0.15, -0.1) is 10.2 Å². The minimum Gasteiger partial charge on any atom is -0.768 e. The Hall–Kier alpha value is -3.25. The van der Waals surface area contributed by atoms with E-state index in [2.05, 4.69) is 15.2 Å². The first-order valence-electron chi connectivity index (χ1n) is 8.38. The zero-order valence-corrected chi connectivity index (χ0v) is 16.6. The van der Waals surface area contributed by atoms with Crippen molar-refractivity contribution in [2.24, 2.45) is 10.2 Å². The van der Waals surface area contributed by atoms with E-state index in [1.807, 2.05) is 0 Å². The number of hydrogen-bond donors (Lipinski definition) is 2. The zero-order valence-electron chi connectivity index (χ0n) is 15.0. The van der Waals surface area contributed by atoms with Gasteiger partial charge in [0, 0.05) is 21.9 Å². The van der Waals surface area contributed by atoms with E-state index in [9.17, 15) is 26.8 Å². The van der Waals surface area contributed by atoms with Gasteiger partial charge in [0.15, 0.2) is 5.75 Å². The van der Waals surface area contributed by atoms with Crippen LogP contribution in [0.5, 0.6) is 5.75 Å². The summed E-state index contributed by atoms with van der Waals surface area (Å²) in [6.45, 7) is 0. The van der Waals surface area contributed by atoms with Gasteiger partial charge in [-0.05, 0) is 46.8 Å². The van der Waals surface area contributed by atoms with Crippen molar-refractivity contribution in [3.8, 4) is 5.75 Å². The molecule has 3 aromatic carbocycles. The van der Waals surface area contributed by atoms with Crippen LogP contribution >= 0.6 is 0 Å². The first-order chi connectivity index (χ1) is 14.3. The largest absolute Gasteiger partial charge is 0.768 e. The van der Waals surface area contributed by atoms with Crippen LogP contribution < -0.4 is 0 Å². The van der Waals surface area contributed by atoms with Crippen molar-refractivity contribution < 1.29 is 26.8 Å². The summed E-state index contributed by atoms with van der Waals surface area (Å²) < 4.78 is 56.0. The standard InChI is InChI=1S/C19H13N3O6S2/c23-19-15(10-17(30(26,27)28)13-6-3-9-20-18(13)19)22-21-14-7-1-5-12-11(14)4-2-8-16(12)29(24)25/h1-10,23H,(H,24,25)(H,26,27,28)/p-1. The van der Waals surface area contributed by atoms with E-state index in [1.165, 1.54) is 24.4 Å². The fourth-order valence-corrected chi connectivity index (χ4v) is 4.33. The van der Waals surface area contributed by atoms with E-state index < -0.39 is 31.8 Å². The minimum absolute atomic E-state index is 0.0316. The van der Waals surface area contributed by atoms with Gasteiger partial charge in [-0.1, -0.05) is 24.3 Å². The summed E-state index contributed by atoms with van der Waals surface area (Å²) >= 11 is -2.45. The Balaban J connectivity index is 1.91. The predicted molar refractivity (Wildman–Crippen MR) is 109 cm³/mol. The van der Waals surface area contributed by atoms with Gasteiger partial charge in [-0.2, -0.15) is 8.42 Å². The molecular weight excluding hydrogens is 430 g/mol. The Morgan fingerprint density at radius 3 is 2.33 bits per heavy atom. The Labute approximate surface area is 172 Å². The molecule has 0 aliphatic rings. The number of rotatable bonds is 4. The predicted octanol–water partition coefficient (Wildman–Crippen LogP) is 3.99. The smallest absolute Gasteiger partial charge is 0.295 e. The first-order valence-corrected chi connectivity index (χ1v) is 10.9. The molecular formula is C19H12N3O6S2-. The molecule has 0 aliphatic carbocycles. The molecule has 1 unspecified atom stereocenters. The van der Waals surface area contributed by atoms with E-state index in [1.54, 1.807) is 30.3 Å². The molecule has 0 saturated carbocycles. The molecule has 1 aromatic heterocycles. The number of hydrogen-bond acceptors (Lipinski definition) is 8. The van der Waals surface area contributed by atoms with Crippen LogP contribution in [0.2, 0.25) is 0 Å². The number of azo groups is 1. The summed E-state index contributed by atoms with van der Waals surface area (Å²) in [6.07, 6.45) is 1.35. The van der Waals surface area contributed by atoms with Crippen molar-refractivity contribution in [3.63, 3.8) is 0 Å². The van der Waals surface area contributed by atoms with Gasteiger partial charge in [0.05, 0.1) is 5.69 Å². The summed E-state index contributed by atoms with van der Waals surface area (Å²) in [7, 11) is -4.62. The summed E-state index contributed by atoms with van der Waals surface area (Å²) in [5.41, 5.74) is 0.00615. The lowest BCUT2D eigenvalue weighted by molar-refractivity contribution is 0.478. The molecule has 1 heterocycles. The molecule has 0 radical (unpaired) electrons. The zero-order chi connectivity index (χ0) is 21.5. The van der Waals surface area contributed by atoms with Crippen molar-refractivity contribution in [1.29, 1.82) is 0 Å². The van der Waals surface area contributed by atoms with Gasteiger partial charge in [0.25, 0.3) is 10.1 Å². The molecule has 1 atom stereocenters. The molecule has 4 rings (SSSR count). The van der Waals surface area contributed by atoms with E-state index >= 15 is 0 Å². The van der Waals surface area contributed by atoms with Crippen molar-refractivity contribution in [2.45, 2.75) is 9.79 Å². The van der Waals surface area contributed by atoms with Crippen LogP contribution in [0.1, 0.15) is 0 Å². The second-order valence-corrected chi connectivity index (χ2v) is 8.48. The quantitative estimate of drug-likeness (QED) is 0.275. The number of phenolic OH excluding ortho intramolecular Hbond substituents is 1. The van der Waals surface area contributed by atoms with Crippen molar-refractivity contribution >= 4 is 54.2 Å². The molecule has 0 bridgehead atoms. The van der Waals surface area contributed by atoms with Gasteiger partial charge in [0.2, 0.25) is 0 Å². The molecule has 0 fully saturated rings. The third-order valence-electron chi connectivity index (χ3n) is 4.39. The highest BCUT2D eigenvalue weighted by molar-refractivity contribution is 7.86. The molecule has 2 N–H and O–H groups in total. The van der Waals surface area contributed by atoms with E-state index in [-0.39, 0.29) is 21.5 Å². The van der Waals surface area contributed by atoms with Crippen LogP contribution in [0.3, 0.4) is 0 Å². The SMILES string of the molecule is O=S([O-])c1cccc2c(N=Nc3cc(S(=O)(=O)O)c4cccnc4c3O)cccc12. The van der Waals surface area contributed by atoms with Crippen LogP contribution in [0.25, 0.3) is 21.7 Å². The summed E-state index contributed by atoms with van der Waals surface area (Å²) in [5, 5.41) is 19.4. The Morgan fingerprint density at radius 1 is 0.933 bits per heavy atom. The molecule has 4 aromatic rings. The average molecular weight is 442 g/mol. The number of aromatic hydroxyl groups is 1. The van der Waals surface area contributed by atoms with Gasteiger partial charge in [-0.3, -0.25) is 13.7 Å². The number of pyridine rings is 1. The van der Waals surface area contributed by atoms with Crippen molar-refractivity contribution in [1.82, 2.24) is 4.98 Å². The number of aromatic nitrogens is 1. The number of nitrogens with zero attached hydrogens (tertiary/aromatic N) is 3. The number of benzene rings is 3.